The van der Waals surface area contributed by atoms with E-state index in [0.717, 1.165) is 12.0 Å². The highest BCUT2D eigenvalue weighted by atomic mass is 16.6. The fraction of sp³-hybridized carbons (Fsp3) is 0.755. The first-order valence-electron chi connectivity index (χ1n) is 25.1. The lowest BCUT2D eigenvalue weighted by Gasteiger charge is -2.44. The number of hydrogen-bond donors (Lipinski definition) is 4. The Morgan fingerprint density at radius 3 is 2.29 bits per heavy atom. The summed E-state index contributed by atoms with van der Waals surface area (Å²) in [5.41, 5.74) is 0.669. The molecule has 4 rings (SSSR count). The first-order chi connectivity index (χ1) is 32.3. The third-order valence-corrected chi connectivity index (χ3v) is 14.9. The molecular formula is C53H84N2O13. The Bertz CT molecular complexity index is 1810. The van der Waals surface area contributed by atoms with Crippen LogP contribution >= 0.6 is 0 Å². The number of ketones is 2. The smallest absolute Gasteiger partial charge is 0.329 e. The van der Waals surface area contributed by atoms with E-state index in [-0.39, 0.29) is 80.2 Å². The van der Waals surface area contributed by atoms with Crippen LogP contribution < -0.4 is 0 Å². The third-order valence-electron chi connectivity index (χ3n) is 14.9. The van der Waals surface area contributed by atoms with Gasteiger partial charge in [0.25, 0.3) is 5.91 Å². The average molecular weight is 957 g/mol. The van der Waals surface area contributed by atoms with Gasteiger partial charge in [-0.15, -0.1) is 0 Å². The number of methoxy groups -OCH3 is 3. The Labute approximate surface area is 405 Å². The van der Waals surface area contributed by atoms with E-state index in [2.05, 4.69) is 0 Å². The summed E-state index contributed by atoms with van der Waals surface area (Å²) in [5, 5.41) is 42.1. The highest BCUT2D eigenvalue weighted by molar-refractivity contribution is 6.40. The molecule has 3 fully saturated rings. The number of esters is 1. The number of nitrogens with one attached hydrogen (secondary N) is 1. The van der Waals surface area contributed by atoms with Gasteiger partial charge in [0.05, 0.1) is 37.6 Å². The number of aliphatic hydroxyl groups excluding tert-OH is 2. The Hall–Kier alpha value is -3.41. The number of fused-ring (bicyclic) bond motifs is 3. The summed E-state index contributed by atoms with van der Waals surface area (Å²) in [5.74, 6) is -6.09. The van der Waals surface area contributed by atoms with Crippen molar-refractivity contribution < 1.29 is 62.9 Å². The maximum Gasteiger partial charge on any atom is 0.329 e. The van der Waals surface area contributed by atoms with Gasteiger partial charge in [-0.3, -0.25) is 19.8 Å². The molecule has 2 saturated heterocycles. The lowest BCUT2D eigenvalue weighted by Crippen LogP contribution is -2.60. The van der Waals surface area contributed by atoms with E-state index in [1.807, 2.05) is 58.1 Å². The zero-order chi connectivity index (χ0) is 50.3. The van der Waals surface area contributed by atoms with Crippen molar-refractivity contribution in [2.24, 2.45) is 35.5 Å². The molecule has 15 atom stereocenters. The second-order valence-electron chi connectivity index (χ2n) is 20.2. The zero-order valence-electron chi connectivity index (χ0n) is 42.5. The van der Waals surface area contributed by atoms with Crippen molar-refractivity contribution in [1.82, 2.24) is 4.90 Å². The molecule has 2 bridgehead atoms. The fourth-order valence-electron chi connectivity index (χ4n) is 10.5. The minimum absolute atomic E-state index is 0.0260. The minimum Gasteiger partial charge on any atom is -0.460 e. The van der Waals surface area contributed by atoms with Crippen LogP contribution in [-0.4, -0.2) is 145 Å². The van der Waals surface area contributed by atoms with E-state index < -0.39 is 71.6 Å². The summed E-state index contributed by atoms with van der Waals surface area (Å²) >= 11 is 0. The second kappa shape index (κ2) is 27.3. The number of nitrogens with zero attached hydrogens (tertiary/aromatic N) is 1. The van der Waals surface area contributed by atoms with Crippen LogP contribution in [0.1, 0.15) is 126 Å². The molecule has 3 heterocycles. The van der Waals surface area contributed by atoms with Crippen molar-refractivity contribution >= 4 is 29.2 Å². The molecule has 68 heavy (non-hydrogen) atoms. The predicted molar refractivity (Wildman–Crippen MR) is 259 cm³/mol. The first kappa shape index (κ1) is 57.2. The van der Waals surface area contributed by atoms with Crippen LogP contribution in [-0.2, 0) is 47.6 Å². The molecule has 1 aliphatic carbocycles. The molecule has 1 amide bonds. The minimum atomic E-state index is -2.21. The molecule has 4 N–H and O–H groups in total. The molecule has 0 aromatic rings. The Kier molecular flexibility index (Phi) is 22.9. The summed E-state index contributed by atoms with van der Waals surface area (Å²) in [6.07, 6.45) is 12.7. The Balaban J connectivity index is 1.70. The zero-order valence-corrected chi connectivity index (χ0v) is 42.5. The summed E-state index contributed by atoms with van der Waals surface area (Å²) in [4.78, 5) is 58.2. The van der Waals surface area contributed by atoms with E-state index >= 15 is 0 Å². The largest absolute Gasteiger partial charge is 0.460 e. The van der Waals surface area contributed by atoms with Gasteiger partial charge in [-0.25, -0.2) is 4.79 Å². The maximum absolute atomic E-state index is 14.5. The highest BCUT2D eigenvalue weighted by Gasteiger charge is 2.51. The van der Waals surface area contributed by atoms with Crippen LogP contribution in [0.4, 0.5) is 0 Å². The molecule has 1 saturated carbocycles. The van der Waals surface area contributed by atoms with Crippen molar-refractivity contribution in [2.45, 2.75) is 180 Å². The van der Waals surface area contributed by atoms with Gasteiger partial charge in [-0.05, 0) is 107 Å². The molecular weight excluding hydrogens is 873 g/mol. The highest BCUT2D eigenvalue weighted by Crippen LogP contribution is 2.38. The number of carbonyl (C=O) groups is 4. The number of piperidine rings is 1. The van der Waals surface area contributed by atoms with Gasteiger partial charge >= 0.3 is 5.97 Å². The van der Waals surface area contributed by atoms with Crippen LogP contribution in [0.25, 0.3) is 0 Å². The van der Waals surface area contributed by atoms with Gasteiger partial charge < -0.3 is 48.6 Å². The Morgan fingerprint density at radius 2 is 1.62 bits per heavy atom. The number of carbonyl (C=O) groups excluding carboxylic acids is 4. The van der Waals surface area contributed by atoms with Crippen LogP contribution in [0.5, 0.6) is 0 Å². The van der Waals surface area contributed by atoms with Crippen molar-refractivity contribution in [3.8, 4) is 0 Å². The Morgan fingerprint density at radius 1 is 0.882 bits per heavy atom. The number of aliphatic hydroxyl groups is 3. The van der Waals surface area contributed by atoms with E-state index in [9.17, 15) is 39.9 Å². The van der Waals surface area contributed by atoms with Gasteiger partial charge in [0.1, 0.15) is 30.1 Å². The van der Waals surface area contributed by atoms with Crippen LogP contribution in [0.15, 0.2) is 47.6 Å². The number of amides is 1. The topological polar surface area (TPSA) is 211 Å². The number of allylic oxidation sites excluding steroid dienone is 6. The number of rotatable bonds is 9. The second-order valence-corrected chi connectivity index (χ2v) is 20.2. The van der Waals surface area contributed by atoms with Gasteiger partial charge in [-0.2, -0.15) is 0 Å². The standard InChI is InChI=1S/C53H84N2O13/c1-32-16-12-11-13-17-33(2)44(63-8)30-40-21-19-38(7)53(62,68-40)50(54)51(60)55-23-15-14-18-41(55)52(61)67-45(35(4)28-39-20-22-43(66-25-24-56)46(29-39)64-9)31-42(57)34(3)27-37(6)48(59)49(65-10)47(58)36(5)26-32/h11-13,16-17,27,32,34-36,38-41,43-46,48-49,54,56,59,62H,14-15,18-26,28-31H2,1-10H3/b13-11+,16-12+,33-17-,37-27-,54-50?. The predicted octanol–water partition coefficient (Wildman–Crippen LogP) is 6.65. The number of cyclic esters (lactones) is 1. The molecule has 0 aromatic heterocycles. The normalized spacial score (nSPS) is 39.2. The molecule has 3 aliphatic heterocycles. The molecule has 0 spiro atoms. The van der Waals surface area contributed by atoms with E-state index in [0.29, 0.717) is 63.4 Å². The molecule has 15 unspecified atom stereocenters. The lowest BCUT2D eigenvalue weighted by atomic mass is 9.78. The monoisotopic (exact) mass is 957 g/mol. The summed E-state index contributed by atoms with van der Waals surface area (Å²) in [6, 6.07) is -1.06. The molecule has 15 heteroatoms. The molecule has 15 nitrogen and oxygen atoms in total. The van der Waals surface area contributed by atoms with Crippen LogP contribution in [0.2, 0.25) is 0 Å². The number of Topliss-reactive ketones (excluding diaryl/α,β-unsaturated/α-hetero) is 2. The quantitative estimate of drug-likeness (QED) is 0.141. The summed E-state index contributed by atoms with van der Waals surface area (Å²) in [7, 11) is 4.62. The third kappa shape index (κ3) is 15.3. The number of hydrogen-bond acceptors (Lipinski definition) is 14. The van der Waals surface area contributed by atoms with Crippen molar-refractivity contribution in [2.75, 3.05) is 41.1 Å². The molecule has 0 radical (unpaired) electrons. The van der Waals surface area contributed by atoms with E-state index in [4.69, 9.17) is 28.4 Å². The van der Waals surface area contributed by atoms with Gasteiger partial charge in [0, 0.05) is 58.5 Å². The summed E-state index contributed by atoms with van der Waals surface area (Å²) in [6.45, 7) is 13.1. The van der Waals surface area contributed by atoms with Gasteiger partial charge in [-0.1, -0.05) is 71.1 Å². The lowest BCUT2D eigenvalue weighted by molar-refractivity contribution is -0.239. The molecule has 0 aromatic carbocycles. The summed E-state index contributed by atoms with van der Waals surface area (Å²) < 4.78 is 35.8. The molecule has 384 valence electrons. The van der Waals surface area contributed by atoms with Gasteiger partial charge in [0.2, 0.25) is 5.79 Å². The maximum atomic E-state index is 14.5. The first-order valence-corrected chi connectivity index (χ1v) is 25.1. The fourth-order valence-corrected chi connectivity index (χ4v) is 10.5. The molecule has 4 aliphatic rings. The van der Waals surface area contributed by atoms with Crippen molar-refractivity contribution in [3.63, 3.8) is 0 Å². The van der Waals surface area contributed by atoms with E-state index in [1.54, 1.807) is 41.1 Å². The van der Waals surface area contributed by atoms with E-state index in [1.165, 1.54) is 12.0 Å². The van der Waals surface area contributed by atoms with Crippen LogP contribution in [0, 0.1) is 40.9 Å². The number of ether oxygens (including phenoxy) is 6. The van der Waals surface area contributed by atoms with Crippen molar-refractivity contribution in [3.05, 3.63) is 47.6 Å². The SMILES string of the molecule is COC1CC2CCC(C)C(O)(O2)C(=N)C(=O)N2CCCCC2C(=O)OC(C(C)CC2CCC(OCCO)C(OC)C2)CC(=O)C(C)/C=C(/C)C(O)C(OC)C(=O)C(C)CC(C)/C=C/C=C/C=C\1C. The van der Waals surface area contributed by atoms with Gasteiger partial charge in [0.15, 0.2) is 11.5 Å². The van der Waals surface area contributed by atoms with Crippen LogP contribution in [0.3, 0.4) is 0 Å². The average Bonchev–Trinajstić information content (AvgIpc) is 3.32. The van der Waals surface area contributed by atoms with Crippen molar-refractivity contribution in [1.29, 1.82) is 5.41 Å².